The Morgan fingerprint density at radius 1 is 0.944 bits per heavy atom. The molecule has 1 saturated carbocycles. The molecule has 1 aliphatic rings. The maximum Gasteiger partial charge on any atom is 0.258 e. The van der Waals surface area contributed by atoms with E-state index in [1.807, 2.05) is 25.1 Å². The number of amides is 2. The first-order valence-electron chi connectivity index (χ1n) is 10.7. The second-order valence-corrected chi connectivity index (χ2v) is 11.3. The van der Waals surface area contributed by atoms with Crippen molar-refractivity contribution >= 4 is 92.2 Å². The lowest BCUT2D eigenvalue weighted by Gasteiger charge is -2.10. The molecule has 36 heavy (non-hydrogen) atoms. The number of aryl methyl sites for hydroxylation is 1. The predicted molar refractivity (Wildman–Crippen MR) is 146 cm³/mol. The summed E-state index contributed by atoms with van der Waals surface area (Å²) in [6.07, 6.45) is 0. The molecule has 0 spiro atoms. The van der Waals surface area contributed by atoms with Gasteiger partial charge in [-0.15, -0.1) is 23.2 Å². The number of benzene rings is 3. The van der Waals surface area contributed by atoms with Crippen LogP contribution in [0, 0.1) is 12.8 Å². The SMILES string of the molecule is Cc1ccc2c(NC(=O)c3cc(NC(=O)C4C(c5cc(Cl)cc(Cl)c5)C4(Cl)Cl)ccc3Cl)n[nH]c2c1. The van der Waals surface area contributed by atoms with Crippen LogP contribution in [0.5, 0.6) is 0 Å². The van der Waals surface area contributed by atoms with E-state index in [2.05, 4.69) is 20.8 Å². The van der Waals surface area contributed by atoms with Gasteiger partial charge in [-0.05, 0) is 66.6 Å². The van der Waals surface area contributed by atoms with E-state index in [1.54, 1.807) is 24.3 Å². The quantitative estimate of drug-likeness (QED) is 0.212. The fraction of sp³-hybridized carbons (Fsp3) is 0.160. The van der Waals surface area contributed by atoms with Crippen molar-refractivity contribution in [3.63, 3.8) is 0 Å². The van der Waals surface area contributed by atoms with E-state index < -0.39 is 28.0 Å². The van der Waals surface area contributed by atoms with Gasteiger partial charge in [0, 0.05) is 27.0 Å². The molecule has 0 bridgehead atoms. The Bertz CT molecular complexity index is 1510. The van der Waals surface area contributed by atoms with Crippen molar-refractivity contribution < 1.29 is 9.59 Å². The largest absolute Gasteiger partial charge is 0.326 e. The molecule has 184 valence electrons. The third-order valence-corrected chi connectivity index (χ3v) is 7.72. The minimum absolute atomic E-state index is 0.162. The molecule has 1 aliphatic carbocycles. The number of hydrogen-bond donors (Lipinski definition) is 3. The van der Waals surface area contributed by atoms with Gasteiger partial charge in [-0.1, -0.05) is 40.9 Å². The predicted octanol–water partition coefficient (Wildman–Crippen LogP) is 7.61. The average molecular weight is 583 g/mol. The molecule has 0 aliphatic heterocycles. The van der Waals surface area contributed by atoms with Crippen molar-refractivity contribution in [3.05, 3.63) is 86.4 Å². The molecule has 0 radical (unpaired) electrons. The third kappa shape index (κ3) is 4.76. The van der Waals surface area contributed by atoms with Crippen molar-refractivity contribution in [1.29, 1.82) is 0 Å². The molecule has 1 heterocycles. The molecule has 0 saturated heterocycles. The normalized spacial score (nSPS) is 18.2. The first-order valence-corrected chi connectivity index (χ1v) is 12.6. The molecule has 2 unspecified atom stereocenters. The van der Waals surface area contributed by atoms with Crippen LogP contribution in [0.2, 0.25) is 15.1 Å². The summed E-state index contributed by atoms with van der Waals surface area (Å²) in [4.78, 5) is 26.0. The van der Waals surface area contributed by atoms with Crippen LogP contribution in [-0.4, -0.2) is 26.3 Å². The van der Waals surface area contributed by atoms with Crippen LogP contribution in [-0.2, 0) is 4.79 Å². The zero-order valence-electron chi connectivity index (χ0n) is 18.5. The van der Waals surface area contributed by atoms with Crippen LogP contribution >= 0.6 is 58.0 Å². The summed E-state index contributed by atoms with van der Waals surface area (Å²) >= 11 is 31.4. The van der Waals surface area contributed by atoms with E-state index in [0.717, 1.165) is 16.5 Å². The zero-order valence-corrected chi connectivity index (χ0v) is 22.3. The summed E-state index contributed by atoms with van der Waals surface area (Å²) in [7, 11) is 0. The minimum atomic E-state index is -1.33. The number of aromatic nitrogens is 2. The molecule has 3 aromatic carbocycles. The highest BCUT2D eigenvalue weighted by Gasteiger charge is 2.67. The van der Waals surface area contributed by atoms with Gasteiger partial charge in [0.2, 0.25) is 5.91 Å². The van der Waals surface area contributed by atoms with Gasteiger partial charge in [0.15, 0.2) is 5.82 Å². The Balaban J connectivity index is 1.34. The molecule has 3 N–H and O–H groups in total. The number of alkyl halides is 2. The second-order valence-electron chi connectivity index (χ2n) is 8.59. The lowest BCUT2D eigenvalue weighted by atomic mass is 10.1. The highest BCUT2D eigenvalue weighted by Crippen LogP contribution is 2.65. The molecule has 2 atom stereocenters. The molecule has 2 amide bonds. The first kappa shape index (κ1) is 25.2. The van der Waals surface area contributed by atoms with Crippen molar-refractivity contribution in [1.82, 2.24) is 10.2 Å². The Morgan fingerprint density at radius 3 is 2.39 bits per heavy atom. The highest BCUT2D eigenvalue weighted by atomic mass is 35.5. The van der Waals surface area contributed by atoms with Gasteiger partial charge in [-0.25, -0.2) is 0 Å². The number of rotatable bonds is 5. The number of carbonyl (C=O) groups is 2. The van der Waals surface area contributed by atoms with Gasteiger partial charge in [-0.3, -0.25) is 14.7 Å². The van der Waals surface area contributed by atoms with Crippen LogP contribution in [0.3, 0.4) is 0 Å². The lowest BCUT2D eigenvalue weighted by molar-refractivity contribution is -0.117. The smallest absolute Gasteiger partial charge is 0.258 e. The Morgan fingerprint density at radius 2 is 1.67 bits per heavy atom. The minimum Gasteiger partial charge on any atom is -0.326 e. The number of halogens is 5. The summed E-state index contributed by atoms with van der Waals surface area (Å²) in [5, 5.41) is 14.4. The Kier molecular flexibility index (Phi) is 6.60. The first-order chi connectivity index (χ1) is 17.0. The number of nitrogens with zero attached hydrogens (tertiary/aromatic N) is 1. The van der Waals surface area contributed by atoms with E-state index in [4.69, 9.17) is 58.0 Å². The molecule has 6 nitrogen and oxygen atoms in total. The van der Waals surface area contributed by atoms with Crippen molar-refractivity contribution in [2.24, 2.45) is 5.92 Å². The van der Waals surface area contributed by atoms with Crippen molar-refractivity contribution in [2.45, 2.75) is 17.2 Å². The van der Waals surface area contributed by atoms with Crippen molar-refractivity contribution in [2.75, 3.05) is 10.6 Å². The number of carbonyl (C=O) groups excluding carboxylic acids is 2. The van der Waals surface area contributed by atoms with Crippen molar-refractivity contribution in [3.8, 4) is 0 Å². The molecular formula is C25H17Cl5N4O2. The van der Waals surface area contributed by atoms with E-state index in [0.29, 0.717) is 27.1 Å². The molecule has 1 aromatic heterocycles. The summed E-state index contributed by atoms with van der Waals surface area (Å²) in [5.74, 6) is -1.77. The monoisotopic (exact) mass is 580 g/mol. The van der Waals surface area contributed by atoms with E-state index in [1.165, 1.54) is 12.1 Å². The average Bonchev–Trinajstić information content (AvgIpc) is 3.18. The van der Waals surface area contributed by atoms with Gasteiger partial charge < -0.3 is 10.6 Å². The fourth-order valence-electron chi connectivity index (χ4n) is 4.22. The standard InChI is InChI=1S/C25H17Cl5N4O2/c1-11-2-4-16-19(6-11)33-34-22(16)32-23(35)17-10-15(3-5-18(17)28)31-24(36)21-20(25(21,29)30)12-7-13(26)9-14(27)8-12/h2-10,20-21H,1H3,(H,31,36)(H2,32,33,34,35). The number of hydrogen-bond acceptors (Lipinski definition) is 3. The third-order valence-electron chi connectivity index (χ3n) is 6.01. The number of fused-ring (bicyclic) bond motifs is 1. The highest BCUT2D eigenvalue weighted by molar-refractivity contribution is 6.53. The molecule has 5 rings (SSSR count). The van der Waals surface area contributed by atoms with Gasteiger partial charge in [0.1, 0.15) is 4.33 Å². The number of H-pyrrole nitrogens is 1. The van der Waals surface area contributed by atoms with Crippen LogP contribution in [0.1, 0.15) is 27.4 Å². The van der Waals surface area contributed by atoms with E-state index in [-0.39, 0.29) is 10.6 Å². The number of nitrogens with one attached hydrogen (secondary N) is 3. The van der Waals surface area contributed by atoms with Gasteiger partial charge >= 0.3 is 0 Å². The van der Waals surface area contributed by atoms with Crippen LogP contribution in [0.25, 0.3) is 10.9 Å². The number of anilines is 2. The Labute approximate surface area is 231 Å². The second kappa shape index (κ2) is 9.43. The molecule has 11 heteroatoms. The Hall–Kier alpha value is -2.48. The van der Waals surface area contributed by atoms with Gasteiger partial charge in [0.05, 0.1) is 22.0 Å². The topological polar surface area (TPSA) is 86.9 Å². The summed E-state index contributed by atoms with van der Waals surface area (Å²) in [6.45, 7) is 1.96. The van der Waals surface area contributed by atoms with Gasteiger partial charge in [0.25, 0.3) is 5.91 Å². The van der Waals surface area contributed by atoms with E-state index >= 15 is 0 Å². The molecule has 4 aromatic rings. The van der Waals surface area contributed by atoms with Crippen LogP contribution < -0.4 is 10.6 Å². The fourth-order valence-corrected chi connectivity index (χ4v) is 5.80. The molecular weight excluding hydrogens is 566 g/mol. The summed E-state index contributed by atoms with van der Waals surface area (Å²) in [6, 6.07) is 15.2. The summed E-state index contributed by atoms with van der Waals surface area (Å²) in [5.41, 5.74) is 3.04. The van der Waals surface area contributed by atoms with Crippen LogP contribution in [0.15, 0.2) is 54.6 Å². The zero-order chi connectivity index (χ0) is 25.8. The maximum absolute atomic E-state index is 13.0. The summed E-state index contributed by atoms with van der Waals surface area (Å²) < 4.78 is -1.33. The lowest BCUT2D eigenvalue weighted by Crippen LogP contribution is -2.18. The van der Waals surface area contributed by atoms with Gasteiger partial charge in [-0.2, -0.15) is 5.10 Å². The van der Waals surface area contributed by atoms with Crippen LogP contribution in [0.4, 0.5) is 11.5 Å². The molecule has 1 fully saturated rings. The van der Waals surface area contributed by atoms with E-state index in [9.17, 15) is 9.59 Å². The maximum atomic E-state index is 13.0. The number of aromatic amines is 1.